The first-order valence-corrected chi connectivity index (χ1v) is 3.48. The van der Waals surface area contributed by atoms with Crippen molar-refractivity contribution in [1.29, 1.82) is 0 Å². The first kappa shape index (κ1) is 7.98. The van der Waals surface area contributed by atoms with Crippen molar-refractivity contribution in [2.45, 2.75) is 19.4 Å². The quantitative estimate of drug-likeness (QED) is 0.581. The molecule has 1 aliphatic rings. The largest absolute Gasteiger partial charge is 0.390 e. The average Bonchev–Trinajstić information content (AvgIpc) is 1.88. The summed E-state index contributed by atoms with van der Waals surface area (Å²) in [6.07, 6.45) is 0. The zero-order valence-corrected chi connectivity index (χ0v) is 6.46. The van der Waals surface area contributed by atoms with E-state index in [4.69, 9.17) is 9.47 Å². The predicted molar refractivity (Wildman–Crippen MR) is 36.6 cm³/mol. The lowest BCUT2D eigenvalue weighted by molar-refractivity contribution is -0.166. The second-order valence-corrected chi connectivity index (χ2v) is 3.21. The van der Waals surface area contributed by atoms with Crippen LogP contribution in [0, 0.1) is 5.92 Å². The molecule has 0 atom stereocenters. The lowest BCUT2D eigenvalue weighted by atomic mass is 9.92. The van der Waals surface area contributed by atoms with E-state index in [1.807, 2.05) is 0 Å². The molecule has 0 unspecified atom stereocenters. The van der Waals surface area contributed by atoms with Crippen molar-refractivity contribution in [1.82, 2.24) is 0 Å². The molecule has 0 saturated carbocycles. The third-order valence-corrected chi connectivity index (χ3v) is 1.80. The first-order valence-electron chi connectivity index (χ1n) is 3.48. The Hall–Kier alpha value is -0.120. The molecule has 1 N–H and O–H groups in total. The van der Waals surface area contributed by atoms with Gasteiger partial charge in [-0.25, -0.2) is 0 Å². The van der Waals surface area contributed by atoms with Crippen LogP contribution in [0.4, 0.5) is 0 Å². The van der Waals surface area contributed by atoms with Crippen LogP contribution in [0.2, 0.25) is 0 Å². The Balaban J connectivity index is 2.39. The molecule has 1 saturated heterocycles. The summed E-state index contributed by atoms with van der Waals surface area (Å²) in [6.45, 7) is 5.12. The third-order valence-electron chi connectivity index (χ3n) is 1.80. The Bertz CT molecular complexity index is 99.9. The summed E-state index contributed by atoms with van der Waals surface area (Å²) in [5, 5.41) is 9.48. The van der Waals surface area contributed by atoms with Gasteiger partial charge in [-0.05, 0) is 13.8 Å². The normalized spacial score (nSPS) is 23.1. The van der Waals surface area contributed by atoms with Crippen LogP contribution in [-0.2, 0) is 9.47 Å². The summed E-state index contributed by atoms with van der Waals surface area (Å²) in [5.74, 6) is 0.112. The summed E-state index contributed by atoms with van der Waals surface area (Å²) in [5.41, 5.74) is -0.680. The summed E-state index contributed by atoms with van der Waals surface area (Å²) < 4.78 is 10.1. The van der Waals surface area contributed by atoms with Gasteiger partial charge in [-0.15, -0.1) is 0 Å². The lowest BCUT2D eigenvalue weighted by Crippen LogP contribution is -2.40. The van der Waals surface area contributed by atoms with Crippen LogP contribution in [0.15, 0.2) is 0 Å². The van der Waals surface area contributed by atoms with E-state index in [-0.39, 0.29) is 5.92 Å². The number of hydrogen-bond donors (Lipinski definition) is 1. The third kappa shape index (κ3) is 1.94. The highest BCUT2D eigenvalue weighted by molar-refractivity contribution is 4.77. The van der Waals surface area contributed by atoms with Crippen molar-refractivity contribution < 1.29 is 14.6 Å². The molecule has 60 valence electrons. The summed E-state index contributed by atoms with van der Waals surface area (Å²) >= 11 is 0. The monoisotopic (exact) mass is 146 g/mol. The zero-order valence-electron chi connectivity index (χ0n) is 6.46. The lowest BCUT2D eigenvalue weighted by Gasteiger charge is -2.31. The second-order valence-electron chi connectivity index (χ2n) is 3.21. The second kappa shape index (κ2) is 2.86. The van der Waals surface area contributed by atoms with Crippen molar-refractivity contribution in [2.24, 2.45) is 5.92 Å². The van der Waals surface area contributed by atoms with Gasteiger partial charge >= 0.3 is 0 Å². The minimum absolute atomic E-state index is 0.112. The van der Waals surface area contributed by atoms with Crippen LogP contribution in [0.1, 0.15) is 13.8 Å². The van der Waals surface area contributed by atoms with E-state index in [2.05, 4.69) is 0 Å². The maximum absolute atomic E-state index is 9.48. The molecule has 10 heavy (non-hydrogen) atoms. The molecule has 0 aromatic carbocycles. The van der Waals surface area contributed by atoms with Crippen LogP contribution >= 0.6 is 0 Å². The van der Waals surface area contributed by atoms with E-state index < -0.39 is 5.60 Å². The van der Waals surface area contributed by atoms with Gasteiger partial charge in [0.2, 0.25) is 0 Å². The zero-order chi connectivity index (χ0) is 7.61. The fourth-order valence-corrected chi connectivity index (χ4v) is 0.896. The van der Waals surface area contributed by atoms with E-state index in [0.717, 1.165) is 0 Å². The predicted octanol–water partition coefficient (Wildman–Crippen LogP) is 0.378. The number of hydrogen-bond acceptors (Lipinski definition) is 3. The molecular weight excluding hydrogens is 132 g/mol. The maximum Gasteiger partial charge on any atom is 0.146 e. The van der Waals surface area contributed by atoms with Gasteiger partial charge in [0, 0.05) is 5.92 Å². The summed E-state index contributed by atoms with van der Waals surface area (Å²) in [6, 6.07) is 0. The average molecular weight is 146 g/mol. The van der Waals surface area contributed by atoms with Gasteiger partial charge in [-0.1, -0.05) is 0 Å². The molecule has 3 heteroatoms. The Kier molecular flexibility index (Phi) is 2.28. The van der Waals surface area contributed by atoms with Gasteiger partial charge in [0.25, 0.3) is 0 Å². The molecule has 1 aliphatic heterocycles. The van der Waals surface area contributed by atoms with E-state index in [9.17, 15) is 5.11 Å². The van der Waals surface area contributed by atoms with Gasteiger partial charge in [-0.3, -0.25) is 0 Å². The van der Waals surface area contributed by atoms with Gasteiger partial charge in [0.05, 0.1) is 18.8 Å². The molecule has 1 heterocycles. The molecule has 0 spiro atoms. The maximum atomic E-state index is 9.48. The Labute approximate surface area is 60.9 Å². The molecule has 0 amide bonds. The number of ether oxygens (including phenoxy) is 2. The van der Waals surface area contributed by atoms with Crippen molar-refractivity contribution >= 4 is 0 Å². The van der Waals surface area contributed by atoms with E-state index in [0.29, 0.717) is 20.0 Å². The molecule has 0 aliphatic carbocycles. The van der Waals surface area contributed by atoms with E-state index in [1.54, 1.807) is 13.8 Å². The van der Waals surface area contributed by atoms with Crippen LogP contribution < -0.4 is 0 Å². The summed E-state index contributed by atoms with van der Waals surface area (Å²) in [7, 11) is 0. The molecule has 3 nitrogen and oxygen atoms in total. The Morgan fingerprint density at radius 2 is 1.80 bits per heavy atom. The van der Waals surface area contributed by atoms with Crippen molar-refractivity contribution in [2.75, 3.05) is 20.0 Å². The SMILES string of the molecule is CC(C)(O)C1COCOC1. The van der Waals surface area contributed by atoms with Crippen LogP contribution in [0.5, 0.6) is 0 Å². The van der Waals surface area contributed by atoms with E-state index >= 15 is 0 Å². The smallest absolute Gasteiger partial charge is 0.146 e. The minimum Gasteiger partial charge on any atom is -0.390 e. The van der Waals surface area contributed by atoms with Crippen LogP contribution in [0.3, 0.4) is 0 Å². The van der Waals surface area contributed by atoms with Gasteiger partial charge in [0.15, 0.2) is 0 Å². The molecular formula is C7H14O3. The minimum atomic E-state index is -0.680. The van der Waals surface area contributed by atoms with Crippen molar-refractivity contribution in [3.05, 3.63) is 0 Å². The molecule has 0 aromatic heterocycles. The molecule has 0 bridgehead atoms. The molecule has 1 rings (SSSR count). The topological polar surface area (TPSA) is 38.7 Å². The van der Waals surface area contributed by atoms with Crippen LogP contribution in [-0.4, -0.2) is 30.7 Å². The van der Waals surface area contributed by atoms with Gasteiger partial charge in [-0.2, -0.15) is 0 Å². The van der Waals surface area contributed by atoms with Crippen LogP contribution in [0.25, 0.3) is 0 Å². The number of rotatable bonds is 1. The molecule has 0 aromatic rings. The van der Waals surface area contributed by atoms with Crippen molar-refractivity contribution in [3.63, 3.8) is 0 Å². The van der Waals surface area contributed by atoms with Crippen molar-refractivity contribution in [3.8, 4) is 0 Å². The molecule has 1 fully saturated rings. The Morgan fingerprint density at radius 1 is 1.30 bits per heavy atom. The standard InChI is InChI=1S/C7H14O3/c1-7(2,8)6-3-9-5-10-4-6/h6,8H,3-5H2,1-2H3. The highest BCUT2D eigenvalue weighted by Crippen LogP contribution is 2.19. The number of aliphatic hydroxyl groups is 1. The van der Waals surface area contributed by atoms with Gasteiger partial charge < -0.3 is 14.6 Å². The fourth-order valence-electron chi connectivity index (χ4n) is 0.896. The first-order chi connectivity index (χ1) is 4.61. The Morgan fingerprint density at radius 3 is 2.10 bits per heavy atom. The fraction of sp³-hybridized carbons (Fsp3) is 1.00. The highest BCUT2D eigenvalue weighted by Gasteiger charge is 2.29. The van der Waals surface area contributed by atoms with E-state index in [1.165, 1.54) is 0 Å². The summed E-state index contributed by atoms with van der Waals surface area (Å²) in [4.78, 5) is 0. The van der Waals surface area contributed by atoms with Gasteiger partial charge in [0.1, 0.15) is 6.79 Å². The molecule has 0 radical (unpaired) electrons. The highest BCUT2D eigenvalue weighted by atomic mass is 16.7.